The summed E-state index contributed by atoms with van der Waals surface area (Å²) in [6.07, 6.45) is -0.706. The molecule has 108 valence electrons. The highest BCUT2D eigenvalue weighted by Crippen LogP contribution is 2.11. The molecule has 6 nitrogen and oxygen atoms in total. The van der Waals surface area contributed by atoms with Crippen LogP contribution >= 0.6 is 0 Å². The van der Waals surface area contributed by atoms with Crippen molar-refractivity contribution in [1.29, 1.82) is 0 Å². The SMILES string of the molecule is CCOC(=O)CC(O)CNCc1c(C)nn(C)c1C. The van der Waals surface area contributed by atoms with Crippen molar-refractivity contribution >= 4 is 5.97 Å². The number of aliphatic hydroxyl groups excluding tert-OH is 1. The van der Waals surface area contributed by atoms with Gasteiger partial charge in [-0.3, -0.25) is 9.48 Å². The van der Waals surface area contributed by atoms with Crippen LogP contribution in [-0.2, 0) is 23.1 Å². The average molecular weight is 269 g/mol. The lowest BCUT2D eigenvalue weighted by Crippen LogP contribution is -2.29. The zero-order valence-corrected chi connectivity index (χ0v) is 12.1. The highest BCUT2D eigenvalue weighted by molar-refractivity contribution is 5.69. The number of nitrogens with zero attached hydrogens (tertiary/aromatic N) is 2. The Morgan fingerprint density at radius 2 is 2.21 bits per heavy atom. The zero-order chi connectivity index (χ0) is 14.4. The molecule has 19 heavy (non-hydrogen) atoms. The monoisotopic (exact) mass is 269 g/mol. The van der Waals surface area contributed by atoms with Gasteiger partial charge < -0.3 is 15.2 Å². The number of aromatic nitrogens is 2. The van der Waals surface area contributed by atoms with Crippen LogP contribution in [0.25, 0.3) is 0 Å². The Morgan fingerprint density at radius 1 is 1.53 bits per heavy atom. The van der Waals surface area contributed by atoms with Gasteiger partial charge in [0.25, 0.3) is 0 Å². The van der Waals surface area contributed by atoms with Crippen molar-refractivity contribution < 1.29 is 14.6 Å². The summed E-state index contributed by atoms with van der Waals surface area (Å²) in [7, 11) is 1.90. The quantitative estimate of drug-likeness (QED) is 0.702. The van der Waals surface area contributed by atoms with Crippen LogP contribution in [0.5, 0.6) is 0 Å². The third kappa shape index (κ3) is 4.65. The van der Waals surface area contributed by atoms with Crippen LogP contribution in [-0.4, -0.2) is 40.1 Å². The molecule has 0 aromatic carbocycles. The van der Waals surface area contributed by atoms with Gasteiger partial charge in [0.15, 0.2) is 0 Å². The first kappa shape index (κ1) is 15.7. The summed E-state index contributed by atoms with van der Waals surface area (Å²) >= 11 is 0. The van der Waals surface area contributed by atoms with E-state index in [1.54, 1.807) is 6.92 Å². The van der Waals surface area contributed by atoms with Gasteiger partial charge in [0.1, 0.15) is 0 Å². The molecular weight excluding hydrogens is 246 g/mol. The first-order valence-corrected chi connectivity index (χ1v) is 6.49. The number of hydrogen-bond donors (Lipinski definition) is 2. The van der Waals surface area contributed by atoms with Gasteiger partial charge in [-0.1, -0.05) is 0 Å². The number of aryl methyl sites for hydroxylation is 2. The second kappa shape index (κ2) is 7.25. The predicted molar refractivity (Wildman–Crippen MR) is 71.6 cm³/mol. The van der Waals surface area contributed by atoms with E-state index in [-0.39, 0.29) is 12.4 Å². The standard InChI is InChI=1S/C13H23N3O3/c1-5-19-13(18)6-11(17)7-14-8-12-9(2)15-16(4)10(12)3/h11,14,17H,5-8H2,1-4H3. The molecule has 1 unspecified atom stereocenters. The van der Waals surface area contributed by atoms with Gasteiger partial charge in [0.05, 0.1) is 24.8 Å². The topological polar surface area (TPSA) is 76.4 Å². The van der Waals surface area contributed by atoms with E-state index in [4.69, 9.17) is 4.74 Å². The molecule has 6 heteroatoms. The van der Waals surface area contributed by atoms with Crippen LogP contribution in [0, 0.1) is 13.8 Å². The van der Waals surface area contributed by atoms with Crippen LogP contribution < -0.4 is 5.32 Å². The number of hydrogen-bond acceptors (Lipinski definition) is 5. The maximum Gasteiger partial charge on any atom is 0.308 e. The van der Waals surface area contributed by atoms with Crippen molar-refractivity contribution in [3.8, 4) is 0 Å². The maximum atomic E-state index is 11.2. The Bertz CT molecular complexity index is 429. The molecule has 1 rings (SSSR count). The van der Waals surface area contributed by atoms with E-state index in [2.05, 4.69) is 10.4 Å². The number of nitrogens with one attached hydrogen (secondary N) is 1. The minimum Gasteiger partial charge on any atom is -0.466 e. The molecule has 1 heterocycles. The molecule has 0 aliphatic carbocycles. The third-order valence-corrected chi connectivity index (χ3v) is 3.05. The van der Waals surface area contributed by atoms with Crippen LogP contribution in [0.3, 0.4) is 0 Å². The number of carbonyl (C=O) groups is 1. The van der Waals surface area contributed by atoms with Gasteiger partial charge in [-0.25, -0.2) is 0 Å². The fourth-order valence-electron chi connectivity index (χ4n) is 1.92. The second-order valence-electron chi connectivity index (χ2n) is 4.57. The molecule has 2 N–H and O–H groups in total. The number of rotatable bonds is 7. The molecule has 0 saturated carbocycles. The van der Waals surface area contributed by atoms with Gasteiger partial charge >= 0.3 is 5.97 Å². The smallest absolute Gasteiger partial charge is 0.308 e. The van der Waals surface area contributed by atoms with Crippen molar-refractivity contribution in [3.05, 3.63) is 17.0 Å². The van der Waals surface area contributed by atoms with E-state index in [0.29, 0.717) is 19.7 Å². The van der Waals surface area contributed by atoms with E-state index in [0.717, 1.165) is 17.0 Å². The molecule has 1 aromatic heterocycles. The third-order valence-electron chi connectivity index (χ3n) is 3.05. The first-order chi connectivity index (χ1) is 8.95. The summed E-state index contributed by atoms with van der Waals surface area (Å²) in [6, 6.07) is 0. The highest BCUT2D eigenvalue weighted by Gasteiger charge is 2.13. The van der Waals surface area contributed by atoms with Crippen molar-refractivity contribution in [2.75, 3.05) is 13.2 Å². The van der Waals surface area contributed by atoms with E-state index >= 15 is 0 Å². The summed E-state index contributed by atoms with van der Waals surface area (Å²) in [6.45, 7) is 7.03. The largest absolute Gasteiger partial charge is 0.466 e. The molecule has 0 aliphatic rings. The van der Waals surface area contributed by atoms with Crippen molar-refractivity contribution in [3.63, 3.8) is 0 Å². The van der Waals surface area contributed by atoms with Gasteiger partial charge in [-0.2, -0.15) is 5.10 Å². The molecule has 0 aliphatic heterocycles. The Hall–Kier alpha value is -1.40. The lowest BCUT2D eigenvalue weighted by Gasteiger charge is -2.11. The molecule has 0 amide bonds. The van der Waals surface area contributed by atoms with Gasteiger partial charge in [-0.05, 0) is 20.8 Å². The van der Waals surface area contributed by atoms with Gasteiger partial charge in [-0.15, -0.1) is 0 Å². The van der Waals surface area contributed by atoms with E-state index in [1.165, 1.54) is 0 Å². The summed E-state index contributed by atoms with van der Waals surface area (Å²) in [5.74, 6) is -0.370. The number of aliphatic hydroxyl groups is 1. The average Bonchev–Trinajstić information content (AvgIpc) is 2.55. The van der Waals surface area contributed by atoms with Crippen molar-refractivity contribution in [2.24, 2.45) is 7.05 Å². The lowest BCUT2D eigenvalue weighted by atomic mass is 10.2. The number of carbonyl (C=O) groups excluding carboxylic acids is 1. The molecule has 1 atom stereocenters. The number of esters is 1. The predicted octanol–water partition coefficient (Wildman–Crippen LogP) is 0.441. The fraction of sp³-hybridized carbons (Fsp3) is 0.692. The summed E-state index contributed by atoms with van der Waals surface area (Å²) in [5.41, 5.74) is 3.21. The Balaban J connectivity index is 2.35. The summed E-state index contributed by atoms with van der Waals surface area (Å²) < 4.78 is 6.61. The zero-order valence-electron chi connectivity index (χ0n) is 12.1. The van der Waals surface area contributed by atoms with Gasteiger partial charge in [0, 0.05) is 31.4 Å². The molecule has 0 spiro atoms. The van der Waals surface area contributed by atoms with Crippen LogP contribution in [0.15, 0.2) is 0 Å². The van der Waals surface area contributed by atoms with E-state index in [9.17, 15) is 9.90 Å². The molecule has 1 aromatic rings. The Labute approximate surface area is 113 Å². The first-order valence-electron chi connectivity index (χ1n) is 6.49. The van der Waals surface area contributed by atoms with Crippen LogP contribution in [0.4, 0.5) is 0 Å². The van der Waals surface area contributed by atoms with Crippen molar-refractivity contribution in [2.45, 2.75) is 39.8 Å². The number of ether oxygens (including phenoxy) is 1. The van der Waals surface area contributed by atoms with Crippen molar-refractivity contribution in [1.82, 2.24) is 15.1 Å². The highest BCUT2D eigenvalue weighted by atomic mass is 16.5. The summed E-state index contributed by atoms with van der Waals surface area (Å²) in [4.78, 5) is 11.2. The summed E-state index contributed by atoms with van der Waals surface area (Å²) in [5, 5.41) is 17.1. The Kier molecular flexibility index (Phi) is 5.98. The molecular formula is C13H23N3O3. The van der Waals surface area contributed by atoms with Crippen LogP contribution in [0.1, 0.15) is 30.3 Å². The lowest BCUT2D eigenvalue weighted by molar-refractivity contribution is -0.145. The molecule has 0 saturated heterocycles. The Morgan fingerprint density at radius 3 is 2.74 bits per heavy atom. The van der Waals surface area contributed by atoms with E-state index < -0.39 is 6.10 Å². The molecule has 0 bridgehead atoms. The maximum absolute atomic E-state index is 11.2. The van der Waals surface area contributed by atoms with Gasteiger partial charge in [0.2, 0.25) is 0 Å². The minimum absolute atomic E-state index is 0.0197. The molecule has 0 fully saturated rings. The molecule has 0 radical (unpaired) electrons. The fourth-order valence-corrected chi connectivity index (χ4v) is 1.92. The van der Waals surface area contributed by atoms with Crippen LogP contribution in [0.2, 0.25) is 0 Å². The normalized spacial score (nSPS) is 12.5. The van der Waals surface area contributed by atoms with E-state index in [1.807, 2.05) is 25.6 Å². The second-order valence-corrected chi connectivity index (χ2v) is 4.57. The minimum atomic E-state index is -0.726.